The largest absolute Gasteiger partial charge is 0.314 e. The van der Waals surface area contributed by atoms with Crippen molar-refractivity contribution in [2.24, 2.45) is 0 Å². The van der Waals surface area contributed by atoms with Gasteiger partial charge in [0.05, 0.1) is 0 Å². The van der Waals surface area contributed by atoms with Crippen LogP contribution < -0.4 is 10.6 Å². The van der Waals surface area contributed by atoms with Gasteiger partial charge in [-0.05, 0) is 22.6 Å². The Labute approximate surface area is 131 Å². The smallest absolute Gasteiger partial charge is 0.0342 e. The van der Waals surface area contributed by atoms with Crippen LogP contribution in [0.15, 0.2) is 41.8 Å². The molecule has 0 unspecified atom stereocenters. The first-order chi connectivity index (χ1) is 10.4. The van der Waals surface area contributed by atoms with E-state index in [1.807, 2.05) is 0 Å². The summed E-state index contributed by atoms with van der Waals surface area (Å²) in [4.78, 5) is 3.86. The number of hydrogen-bond donors (Lipinski definition) is 2. The van der Waals surface area contributed by atoms with Gasteiger partial charge in [-0.15, -0.1) is 11.3 Å². The fourth-order valence-electron chi connectivity index (χ4n) is 2.63. The van der Waals surface area contributed by atoms with Crippen molar-refractivity contribution in [1.29, 1.82) is 0 Å². The molecule has 1 fully saturated rings. The number of rotatable bonds is 6. The molecule has 0 aliphatic carbocycles. The van der Waals surface area contributed by atoms with Crippen LogP contribution >= 0.6 is 11.3 Å². The summed E-state index contributed by atoms with van der Waals surface area (Å²) in [5.41, 5.74) is 2.67. The van der Waals surface area contributed by atoms with Crippen LogP contribution in [0.1, 0.15) is 5.56 Å². The highest BCUT2D eigenvalue weighted by atomic mass is 32.1. The molecule has 0 amide bonds. The molecule has 0 bridgehead atoms. The molecule has 0 saturated carbocycles. The monoisotopic (exact) mass is 301 g/mol. The number of thiophene rings is 1. The summed E-state index contributed by atoms with van der Waals surface area (Å²) in [7, 11) is 0. The summed E-state index contributed by atoms with van der Waals surface area (Å²) in [5.74, 6) is 0. The minimum atomic E-state index is 0.955. The Kier molecular flexibility index (Phi) is 5.40. The molecule has 2 heterocycles. The summed E-state index contributed by atoms with van der Waals surface area (Å²) in [6.45, 7) is 7.78. The topological polar surface area (TPSA) is 27.3 Å². The van der Waals surface area contributed by atoms with Gasteiger partial charge in [0.1, 0.15) is 0 Å². The Balaban J connectivity index is 1.41. The van der Waals surface area contributed by atoms with Gasteiger partial charge >= 0.3 is 0 Å². The van der Waals surface area contributed by atoms with Crippen molar-refractivity contribution in [2.75, 3.05) is 39.3 Å². The van der Waals surface area contributed by atoms with E-state index < -0.39 is 0 Å². The lowest BCUT2D eigenvalue weighted by atomic mass is 10.1. The molecule has 1 aromatic heterocycles. The molecule has 4 heteroatoms. The summed E-state index contributed by atoms with van der Waals surface area (Å²) in [5, 5.41) is 9.06. The quantitative estimate of drug-likeness (QED) is 0.802. The van der Waals surface area contributed by atoms with Crippen LogP contribution in [-0.2, 0) is 6.54 Å². The third kappa shape index (κ3) is 4.38. The molecule has 2 N–H and O–H groups in total. The number of benzene rings is 1. The fourth-order valence-corrected chi connectivity index (χ4v) is 3.37. The standard InChI is InChI=1S/C17H23N3S/c1-2-17(21-13-1)16-5-3-15(4-6-16)14-19-9-12-20-10-7-18-8-11-20/h1-6,13,18-19H,7-12,14H2. The van der Waals surface area contributed by atoms with Crippen LogP contribution in [0, 0.1) is 0 Å². The molecular formula is C17H23N3S. The predicted molar refractivity (Wildman–Crippen MR) is 90.8 cm³/mol. The molecule has 0 spiro atoms. The van der Waals surface area contributed by atoms with Crippen molar-refractivity contribution in [3.05, 3.63) is 47.3 Å². The molecule has 3 rings (SSSR count). The van der Waals surface area contributed by atoms with E-state index in [2.05, 4.69) is 57.3 Å². The zero-order chi connectivity index (χ0) is 14.3. The first-order valence-electron chi connectivity index (χ1n) is 7.68. The molecule has 1 aromatic carbocycles. The second-order valence-corrected chi connectivity index (χ2v) is 6.39. The minimum Gasteiger partial charge on any atom is -0.314 e. The molecule has 0 atom stereocenters. The number of nitrogens with zero attached hydrogens (tertiary/aromatic N) is 1. The predicted octanol–water partition coefficient (Wildman–Crippen LogP) is 2.41. The number of nitrogens with one attached hydrogen (secondary N) is 2. The molecule has 1 saturated heterocycles. The summed E-state index contributed by atoms with van der Waals surface area (Å²) >= 11 is 1.79. The van der Waals surface area contributed by atoms with Gasteiger partial charge in [-0.2, -0.15) is 0 Å². The average Bonchev–Trinajstić information content (AvgIpc) is 3.08. The van der Waals surface area contributed by atoms with Crippen LogP contribution in [-0.4, -0.2) is 44.2 Å². The Hall–Kier alpha value is -1.20. The molecule has 1 aliphatic rings. The van der Waals surface area contributed by atoms with Gasteiger partial charge in [0, 0.05) is 50.7 Å². The normalized spacial score (nSPS) is 16.2. The summed E-state index contributed by atoms with van der Waals surface area (Å²) in [6.07, 6.45) is 0. The first-order valence-corrected chi connectivity index (χ1v) is 8.56. The van der Waals surface area contributed by atoms with Gasteiger partial charge < -0.3 is 10.6 Å². The van der Waals surface area contributed by atoms with E-state index >= 15 is 0 Å². The van der Waals surface area contributed by atoms with E-state index in [0.29, 0.717) is 0 Å². The van der Waals surface area contributed by atoms with Crippen LogP contribution in [0.5, 0.6) is 0 Å². The van der Waals surface area contributed by atoms with E-state index in [9.17, 15) is 0 Å². The van der Waals surface area contributed by atoms with Crippen molar-refractivity contribution in [3.63, 3.8) is 0 Å². The SMILES string of the molecule is c1csc(-c2ccc(CNCCN3CCNCC3)cc2)c1. The third-order valence-corrected chi connectivity index (χ3v) is 4.82. The zero-order valence-electron chi connectivity index (χ0n) is 12.3. The van der Waals surface area contributed by atoms with E-state index in [4.69, 9.17) is 0 Å². The maximum atomic E-state index is 3.54. The average molecular weight is 301 g/mol. The summed E-state index contributed by atoms with van der Waals surface area (Å²) in [6, 6.07) is 13.2. The van der Waals surface area contributed by atoms with Gasteiger partial charge in [-0.3, -0.25) is 4.90 Å². The summed E-state index contributed by atoms with van der Waals surface area (Å²) < 4.78 is 0. The lowest BCUT2D eigenvalue weighted by Gasteiger charge is -2.27. The second kappa shape index (κ2) is 7.71. The number of hydrogen-bond acceptors (Lipinski definition) is 4. The van der Waals surface area contributed by atoms with Crippen LogP contribution in [0.4, 0.5) is 0 Å². The van der Waals surface area contributed by atoms with Gasteiger partial charge in [0.15, 0.2) is 0 Å². The van der Waals surface area contributed by atoms with Crippen molar-refractivity contribution in [3.8, 4) is 10.4 Å². The minimum absolute atomic E-state index is 0.955. The van der Waals surface area contributed by atoms with E-state index in [-0.39, 0.29) is 0 Å². The molecular weight excluding hydrogens is 278 g/mol. The number of piperazine rings is 1. The maximum absolute atomic E-state index is 3.54. The lowest BCUT2D eigenvalue weighted by molar-refractivity contribution is 0.241. The van der Waals surface area contributed by atoms with Crippen molar-refractivity contribution in [2.45, 2.75) is 6.54 Å². The Morgan fingerprint density at radius 3 is 2.62 bits per heavy atom. The highest BCUT2D eigenvalue weighted by Gasteiger charge is 2.07. The molecule has 3 nitrogen and oxygen atoms in total. The molecule has 2 aromatic rings. The highest BCUT2D eigenvalue weighted by Crippen LogP contribution is 2.24. The van der Waals surface area contributed by atoms with Gasteiger partial charge in [0.25, 0.3) is 0 Å². The molecule has 0 radical (unpaired) electrons. The molecule has 1 aliphatic heterocycles. The van der Waals surface area contributed by atoms with E-state index in [1.165, 1.54) is 29.1 Å². The Morgan fingerprint density at radius 1 is 1.10 bits per heavy atom. The van der Waals surface area contributed by atoms with Crippen molar-refractivity contribution >= 4 is 11.3 Å². The molecule has 21 heavy (non-hydrogen) atoms. The third-order valence-electron chi connectivity index (χ3n) is 3.90. The first kappa shape index (κ1) is 14.7. The molecule has 112 valence electrons. The van der Waals surface area contributed by atoms with Crippen molar-refractivity contribution < 1.29 is 0 Å². The lowest BCUT2D eigenvalue weighted by Crippen LogP contribution is -2.45. The van der Waals surface area contributed by atoms with Gasteiger partial charge in [-0.1, -0.05) is 30.3 Å². The Bertz CT molecular complexity index is 515. The van der Waals surface area contributed by atoms with Crippen LogP contribution in [0.25, 0.3) is 10.4 Å². The van der Waals surface area contributed by atoms with Crippen LogP contribution in [0.2, 0.25) is 0 Å². The van der Waals surface area contributed by atoms with Crippen LogP contribution in [0.3, 0.4) is 0 Å². The van der Waals surface area contributed by atoms with Crippen molar-refractivity contribution in [1.82, 2.24) is 15.5 Å². The Morgan fingerprint density at radius 2 is 1.90 bits per heavy atom. The maximum Gasteiger partial charge on any atom is 0.0342 e. The second-order valence-electron chi connectivity index (χ2n) is 5.44. The van der Waals surface area contributed by atoms with E-state index in [0.717, 1.165) is 32.7 Å². The highest BCUT2D eigenvalue weighted by molar-refractivity contribution is 7.13. The van der Waals surface area contributed by atoms with Gasteiger partial charge in [-0.25, -0.2) is 0 Å². The van der Waals surface area contributed by atoms with Gasteiger partial charge in [0.2, 0.25) is 0 Å². The van der Waals surface area contributed by atoms with E-state index in [1.54, 1.807) is 11.3 Å². The fraction of sp³-hybridized carbons (Fsp3) is 0.412. The zero-order valence-corrected chi connectivity index (χ0v) is 13.2.